The molecule has 0 aliphatic carbocycles. The zero-order valence-corrected chi connectivity index (χ0v) is 12.2. The maximum Gasteiger partial charge on any atom is 0.118 e. The van der Waals surface area contributed by atoms with Crippen LogP contribution in [0.4, 0.5) is 0 Å². The lowest BCUT2D eigenvalue weighted by Gasteiger charge is -2.19. The minimum absolute atomic E-state index is 0.311. The third kappa shape index (κ3) is 2.94. The van der Waals surface area contributed by atoms with E-state index in [1.807, 2.05) is 18.2 Å². The van der Waals surface area contributed by atoms with E-state index in [9.17, 15) is 0 Å². The molecule has 0 amide bonds. The second-order valence-electron chi connectivity index (χ2n) is 4.37. The van der Waals surface area contributed by atoms with E-state index in [0.717, 1.165) is 5.75 Å². The summed E-state index contributed by atoms with van der Waals surface area (Å²) in [4.78, 5) is 0.311. The average Bonchev–Trinajstić information content (AvgIpc) is 2.47. The van der Waals surface area contributed by atoms with E-state index in [1.54, 1.807) is 7.11 Å². The summed E-state index contributed by atoms with van der Waals surface area (Å²) >= 11 is 3.79. The van der Waals surface area contributed by atoms with Crippen molar-refractivity contribution < 1.29 is 4.74 Å². The molecule has 0 N–H and O–H groups in total. The van der Waals surface area contributed by atoms with Crippen LogP contribution in [0.25, 0.3) is 0 Å². The molecular formula is C16H17BrO. The highest BCUT2D eigenvalue weighted by molar-refractivity contribution is 9.09. The number of hydrogen-bond donors (Lipinski definition) is 0. The monoisotopic (exact) mass is 304 g/mol. The summed E-state index contributed by atoms with van der Waals surface area (Å²) < 4.78 is 5.18. The summed E-state index contributed by atoms with van der Waals surface area (Å²) in [6.45, 7) is 2.24. The Kier molecular flexibility index (Phi) is 4.43. The van der Waals surface area contributed by atoms with Crippen LogP contribution in [0.5, 0.6) is 5.75 Å². The van der Waals surface area contributed by atoms with Gasteiger partial charge in [0.15, 0.2) is 0 Å². The zero-order chi connectivity index (χ0) is 13.0. The molecule has 2 unspecified atom stereocenters. The molecule has 2 aromatic carbocycles. The SMILES string of the molecule is COc1ccc(C(Br)C(C)c2ccccc2)cc1. The van der Waals surface area contributed by atoms with E-state index >= 15 is 0 Å². The van der Waals surface area contributed by atoms with Gasteiger partial charge in [-0.15, -0.1) is 0 Å². The summed E-state index contributed by atoms with van der Waals surface area (Å²) in [7, 11) is 1.69. The number of hydrogen-bond acceptors (Lipinski definition) is 1. The first-order valence-electron chi connectivity index (χ1n) is 6.05. The lowest BCUT2D eigenvalue weighted by Crippen LogP contribution is -2.01. The summed E-state index contributed by atoms with van der Waals surface area (Å²) in [6, 6.07) is 18.8. The first kappa shape index (κ1) is 13.2. The fraction of sp³-hybridized carbons (Fsp3) is 0.250. The highest BCUT2D eigenvalue weighted by Crippen LogP contribution is 2.37. The first-order chi connectivity index (χ1) is 8.72. The van der Waals surface area contributed by atoms with Crippen LogP contribution >= 0.6 is 15.9 Å². The van der Waals surface area contributed by atoms with Gasteiger partial charge in [0.25, 0.3) is 0 Å². The quantitative estimate of drug-likeness (QED) is 0.727. The van der Waals surface area contributed by atoms with Crippen molar-refractivity contribution in [3.05, 3.63) is 65.7 Å². The maximum atomic E-state index is 5.18. The zero-order valence-electron chi connectivity index (χ0n) is 10.6. The molecule has 0 aliphatic heterocycles. The molecular weight excluding hydrogens is 288 g/mol. The average molecular weight is 305 g/mol. The Bertz CT molecular complexity index is 478. The molecule has 0 radical (unpaired) electrons. The van der Waals surface area contributed by atoms with Crippen molar-refractivity contribution in [3.63, 3.8) is 0 Å². The lowest BCUT2D eigenvalue weighted by atomic mass is 9.94. The molecule has 2 heteroatoms. The largest absolute Gasteiger partial charge is 0.497 e. The van der Waals surface area contributed by atoms with Crippen molar-refractivity contribution in [1.82, 2.24) is 0 Å². The highest BCUT2D eigenvalue weighted by Gasteiger charge is 2.17. The van der Waals surface area contributed by atoms with Crippen molar-refractivity contribution in [1.29, 1.82) is 0 Å². The van der Waals surface area contributed by atoms with Gasteiger partial charge in [-0.25, -0.2) is 0 Å². The molecule has 0 spiro atoms. The van der Waals surface area contributed by atoms with Gasteiger partial charge in [-0.1, -0.05) is 65.3 Å². The fourth-order valence-electron chi connectivity index (χ4n) is 2.00. The second-order valence-corrected chi connectivity index (χ2v) is 5.36. The van der Waals surface area contributed by atoms with Gasteiger partial charge >= 0.3 is 0 Å². The van der Waals surface area contributed by atoms with Gasteiger partial charge in [0.05, 0.1) is 7.11 Å². The van der Waals surface area contributed by atoms with Crippen LogP contribution in [0.1, 0.15) is 28.8 Å². The second kappa shape index (κ2) is 6.05. The van der Waals surface area contributed by atoms with Crippen molar-refractivity contribution in [3.8, 4) is 5.75 Å². The summed E-state index contributed by atoms with van der Waals surface area (Å²) in [5.74, 6) is 1.32. The fourth-order valence-corrected chi connectivity index (χ4v) is 2.61. The Morgan fingerprint density at radius 3 is 2.06 bits per heavy atom. The molecule has 18 heavy (non-hydrogen) atoms. The molecule has 0 saturated heterocycles. The summed E-state index contributed by atoms with van der Waals surface area (Å²) in [5.41, 5.74) is 2.61. The Hall–Kier alpha value is -1.28. The van der Waals surface area contributed by atoms with Crippen LogP contribution in [-0.2, 0) is 0 Å². The van der Waals surface area contributed by atoms with Gasteiger partial charge in [-0.05, 0) is 29.2 Å². The summed E-state index contributed by atoms with van der Waals surface area (Å²) in [5, 5.41) is 0. The third-order valence-electron chi connectivity index (χ3n) is 3.20. The minimum Gasteiger partial charge on any atom is -0.497 e. The predicted molar refractivity (Wildman–Crippen MR) is 79.5 cm³/mol. The van der Waals surface area contributed by atoms with Crippen LogP contribution in [-0.4, -0.2) is 7.11 Å². The number of halogens is 1. The third-order valence-corrected chi connectivity index (χ3v) is 4.52. The summed E-state index contributed by atoms with van der Waals surface area (Å²) in [6.07, 6.45) is 0. The molecule has 94 valence electrons. The molecule has 1 nitrogen and oxygen atoms in total. The molecule has 0 fully saturated rings. The van der Waals surface area contributed by atoms with Crippen LogP contribution < -0.4 is 4.74 Å². The maximum absolute atomic E-state index is 5.18. The number of benzene rings is 2. The highest BCUT2D eigenvalue weighted by atomic mass is 79.9. The molecule has 0 saturated carbocycles. The first-order valence-corrected chi connectivity index (χ1v) is 6.97. The number of alkyl halides is 1. The van der Waals surface area contributed by atoms with Gasteiger partial charge in [0.1, 0.15) is 5.75 Å². The normalized spacial score (nSPS) is 13.9. The molecule has 2 atom stereocenters. The standard InChI is InChI=1S/C16H17BrO/c1-12(13-6-4-3-5-7-13)16(17)14-8-10-15(18-2)11-9-14/h3-12,16H,1-2H3. The topological polar surface area (TPSA) is 9.23 Å². The molecule has 0 bridgehead atoms. The van der Waals surface area contributed by atoms with E-state index in [-0.39, 0.29) is 0 Å². The van der Waals surface area contributed by atoms with E-state index < -0.39 is 0 Å². The lowest BCUT2D eigenvalue weighted by molar-refractivity contribution is 0.414. The molecule has 0 aliphatic rings. The Morgan fingerprint density at radius 1 is 0.889 bits per heavy atom. The van der Waals surface area contributed by atoms with Crippen molar-refractivity contribution in [2.24, 2.45) is 0 Å². The van der Waals surface area contributed by atoms with Crippen LogP contribution in [0, 0.1) is 0 Å². The Balaban J connectivity index is 2.17. The Labute approximate surface area is 117 Å². The van der Waals surface area contributed by atoms with E-state index in [1.165, 1.54) is 11.1 Å². The van der Waals surface area contributed by atoms with Gasteiger partial charge in [0, 0.05) is 4.83 Å². The van der Waals surface area contributed by atoms with E-state index in [2.05, 4.69) is 59.3 Å². The molecule has 2 aromatic rings. The van der Waals surface area contributed by atoms with Crippen LogP contribution in [0.2, 0.25) is 0 Å². The van der Waals surface area contributed by atoms with Crippen molar-refractivity contribution in [2.75, 3.05) is 7.11 Å². The van der Waals surface area contributed by atoms with Crippen molar-refractivity contribution >= 4 is 15.9 Å². The molecule has 2 rings (SSSR count). The number of rotatable bonds is 4. The number of methoxy groups -OCH3 is 1. The van der Waals surface area contributed by atoms with Gasteiger partial charge in [-0.2, -0.15) is 0 Å². The van der Waals surface area contributed by atoms with E-state index in [4.69, 9.17) is 4.74 Å². The van der Waals surface area contributed by atoms with E-state index in [0.29, 0.717) is 10.7 Å². The van der Waals surface area contributed by atoms with Crippen LogP contribution in [0.15, 0.2) is 54.6 Å². The predicted octanol–water partition coefficient (Wildman–Crippen LogP) is 4.93. The molecule has 0 heterocycles. The number of ether oxygens (including phenoxy) is 1. The molecule has 0 aromatic heterocycles. The Morgan fingerprint density at radius 2 is 1.50 bits per heavy atom. The van der Waals surface area contributed by atoms with Gasteiger partial charge in [0.2, 0.25) is 0 Å². The van der Waals surface area contributed by atoms with Crippen molar-refractivity contribution in [2.45, 2.75) is 17.7 Å². The van der Waals surface area contributed by atoms with Gasteiger partial charge < -0.3 is 4.74 Å². The smallest absolute Gasteiger partial charge is 0.118 e. The van der Waals surface area contributed by atoms with Gasteiger partial charge in [-0.3, -0.25) is 0 Å². The van der Waals surface area contributed by atoms with Crippen LogP contribution in [0.3, 0.4) is 0 Å². The minimum atomic E-state index is 0.311.